The minimum absolute atomic E-state index is 0.176. The van der Waals surface area contributed by atoms with Crippen LogP contribution in [-0.4, -0.2) is 14.1 Å². The Morgan fingerprint density at radius 1 is 0.515 bits per heavy atom. The van der Waals surface area contributed by atoms with E-state index in [1.54, 1.807) is 11.1 Å². The monoisotopic (exact) mass is 449 g/mol. The summed E-state index contributed by atoms with van der Waals surface area (Å²) in [6.45, 7) is 9.45. The highest BCUT2D eigenvalue weighted by Gasteiger charge is 2.51. The maximum Gasteiger partial charge on any atom is 0.0361 e. The van der Waals surface area contributed by atoms with Crippen LogP contribution in [0.2, 0.25) is 0 Å². The van der Waals surface area contributed by atoms with Crippen molar-refractivity contribution in [3.63, 3.8) is 0 Å². The second-order valence-corrected chi connectivity index (χ2v) is 10.4. The molecule has 0 spiro atoms. The quantitative estimate of drug-likeness (QED) is 0.246. The van der Waals surface area contributed by atoms with Gasteiger partial charge < -0.3 is 4.90 Å². The van der Waals surface area contributed by atoms with Crippen LogP contribution in [0.5, 0.6) is 0 Å². The van der Waals surface area contributed by atoms with Gasteiger partial charge in [0.2, 0.25) is 0 Å². The molecular weight excluding hydrogens is 398 g/mol. The van der Waals surface area contributed by atoms with E-state index in [4.69, 9.17) is 0 Å². The highest BCUT2D eigenvalue weighted by Crippen LogP contribution is 2.56. The Morgan fingerprint density at radius 2 is 0.879 bits per heavy atom. The maximum atomic E-state index is 2.48. The Hall–Kier alpha value is -1.76. The number of hydrogen-bond donors (Lipinski definition) is 0. The zero-order valence-corrected chi connectivity index (χ0v) is 22.6. The van der Waals surface area contributed by atoms with Gasteiger partial charge in [0, 0.05) is 30.6 Å². The molecule has 2 aromatic rings. The van der Waals surface area contributed by atoms with Gasteiger partial charge in [-0.2, -0.15) is 0 Å². The minimum atomic E-state index is 0.176. The predicted octanol–water partition coefficient (Wildman–Crippen LogP) is 9.69. The molecule has 2 aromatic carbocycles. The molecule has 0 aromatic heterocycles. The maximum absolute atomic E-state index is 2.48. The third-order valence-corrected chi connectivity index (χ3v) is 8.01. The van der Waals surface area contributed by atoms with Crippen molar-refractivity contribution in [2.75, 3.05) is 19.0 Å². The summed E-state index contributed by atoms with van der Waals surface area (Å²) < 4.78 is 0. The fourth-order valence-corrected chi connectivity index (χ4v) is 6.09. The van der Waals surface area contributed by atoms with Crippen LogP contribution in [0.15, 0.2) is 54.6 Å². The van der Waals surface area contributed by atoms with Gasteiger partial charge in [-0.15, -0.1) is 0 Å². The fraction of sp³-hybridized carbons (Fsp3) is 0.625. The summed E-state index contributed by atoms with van der Waals surface area (Å²) in [6.07, 6.45) is 15.4. The molecule has 0 atom stereocenters. The highest BCUT2D eigenvalue weighted by atomic mass is 15.1. The molecular formula is C32H51N. The number of anilines is 1. The molecule has 0 aliphatic carbocycles. The largest absolute Gasteiger partial charge is 0.378 e. The lowest BCUT2D eigenvalue weighted by Gasteiger charge is -2.53. The zero-order valence-electron chi connectivity index (χ0n) is 22.6. The number of benzene rings is 2. The van der Waals surface area contributed by atoms with Crippen molar-refractivity contribution >= 4 is 5.69 Å². The van der Waals surface area contributed by atoms with Gasteiger partial charge in [-0.05, 0) is 48.9 Å². The molecule has 0 bridgehead atoms. The lowest BCUT2D eigenvalue weighted by molar-refractivity contribution is 0.139. The molecule has 0 radical (unpaired) electrons. The lowest BCUT2D eigenvalue weighted by atomic mass is 9.50. The first kappa shape index (κ1) is 27.5. The van der Waals surface area contributed by atoms with Gasteiger partial charge in [-0.3, -0.25) is 0 Å². The van der Waals surface area contributed by atoms with E-state index in [0.717, 1.165) is 0 Å². The molecule has 1 heteroatoms. The molecule has 0 aliphatic heterocycles. The van der Waals surface area contributed by atoms with E-state index in [2.05, 4.69) is 101 Å². The van der Waals surface area contributed by atoms with E-state index in [1.165, 1.54) is 82.7 Å². The summed E-state index contributed by atoms with van der Waals surface area (Å²) in [5.74, 6) is 0. The molecule has 184 valence electrons. The molecule has 0 amide bonds. The second kappa shape index (κ2) is 13.8. The number of rotatable bonds is 16. The van der Waals surface area contributed by atoms with Crippen LogP contribution in [0.4, 0.5) is 5.69 Å². The van der Waals surface area contributed by atoms with Crippen LogP contribution in [-0.2, 0) is 10.8 Å². The van der Waals surface area contributed by atoms with Crippen molar-refractivity contribution in [1.29, 1.82) is 0 Å². The molecule has 0 N–H and O–H groups in total. The van der Waals surface area contributed by atoms with Crippen LogP contribution in [0.3, 0.4) is 0 Å². The van der Waals surface area contributed by atoms with Gasteiger partial charge in [0.05, 0.1) is 0 Å². The normalized spacial score (nSPS) is 12.2. The molecule has 0 unspecified atom stereocenters. The van der Waals surface area contributed by atoms with Crippen molar-refractivity contribution in [2.45, 2.75) is 116 Å². The van der Waals surface area contributed by atoms with Gasteiger partial charge in [0.25, 0.3) is 0 Å². The predicted molar refractivity (Wildman–Crippen MR) is 149 cm³/mol. The Labute approximate surface area is 206 Å². The van der Waals surface area contributed by atoms with Crippen LogP contribution in [0.25, 0.3) is 0 Å². The van der Waals surface area contributed by atoms with Crippen LogP contribution in [0, 0.1) is 0 Å². The summed E-state index contributed by atoms with van der Waals surface area (Å²) in [7, 11) is 4.29. The standard InChI is InChI=1S/C32H51N/c1-7-11-24-31(25-12-8-2,28-18-16-15-17-19-28)32(26-13-9-3,27-14-10-4)29-20-22-30(23-21-29)33(5)6/h15-23H,7-14,24-27H2,1-6H3. The Kier molecular flexibility index (Phi) is 11.5. The van der Waals surface area contributed by atoms with E-state index < -0.39 is 0 Å². The summed E-state index contributed by atoms with van der Waals surface area (Å²) in [4.78, 5) is 2.22. The third-order valence-electron chi connectivity index (χ3n) is 8.01. The average molecular weight is 450 g/mol. The van der Waals surface area contributed by atoms with Crippen molar-refractivity contribution in [3.8, 4) is 0 Å². The molecule has 33 heavy (non-hydrogen) atoms. The van der Waals surface area contributed by atoms with Gasteiger partial charge >= 0.3 is 0 Å². The molecule has 0 heterocycles. The Balaban J connectivity index is 2.83. The number of hydrogen-bond acceptors (Lipinski definition) is 1. The van der Waals surface area contributed by atoms with E-state index in [-0.39, 0.29) is 10.8 Å². The van der Waals surface area contributed by atoms with E-state index in [0.29, 0.717) is 0 Å². The van der Waals surface area contributed by atoms with E-state index >= 15 is 0 Å². The van der Waals surface area contributed by atoms with Crippen LogP contribution >= 0.6 is 0 Å². The van der Waals surface area contributed by atoms with Gasteiger partial charge in [-0.1, -0.05) is 122 Å². The number of nitrogens with zero attached hydrogens (tertiary/aromatic N) is 1. The molecule has 2 rings (SSSR count). The Morgan fingerprint density at radius 3 is 1.21 bits per heavy atom. The topological polar surface area (TPSA) is 3.24 Å². The SMILES string of the molecule is CCCCC(CCCC)(c1ccccc1)C(CCCC)(CCCC)c1ccc(N(C)C)cc1. The molecule has 0 fully saturated rings. The summed E-state index contributed by atoms with van der Waals surface area (Å²) in [5.41, 5.74) is 4.81. The molecule has 0 saturated heterocycles. The highest BCUT2D eigenvalue weighted by molar-refractivity contribution is 5.49. The van der Waals surface area contributed by atoms with E-state index in [1.807, 2.05) is 0 Å². The molecule has 1 nitrogen and oxygen atoms in total. The smallest absolute Gasteiger partial charge is 0.0361 e. The average Bonchev–Trinajstić information content (AvgIpc) is 2.85. The second-order valence-electron chi connectivity index (χ2n) is 10.4. The first-order chi connectivity index (χ1) is 16.0. The first-order valence-corrected chi connectivity index (χ1v) is 13.8. The van der Waals surface area contributed by atoms with Crippen LogP contribution < -0.4 is 4.90 Å². The zero-order chi connectivity index (χ0) is 24.2. The van der Waals surface area contributed by atoms with Gasteiger partial charge in [0.1, 0.15) is 0 Å². The summed E-state index contributed by atoms with van der Waals surface area (Å²) in [5, 5.41) is 0. The van der Waals surface area contributed by atoms with Gasteiger partial charge in [0.15, 0.2) is 0 Å². The van der Waals surface area contributed by atoms with Crippen molar-refractivity contribution in [1.82, 2.24) is 0 Å². The molecule has 0 aliphatic rings. The molecule has 0 saturated carbocycles. The van der Waals surface area contributed by atoms with Crippen molar-refractivity contribution in [2.24, 2.45) is 0 Å². The number of unbranched alkanes of at least 4 members (excludes halogenated alkanes) is 4. The summed E-state index contributed by atoms with van der Waals surface area (Å²) >= 11 is 0. The minimum Gasteiger partial charge on any atom is -0.378 e. The van der Waals surface area contributed by atoms with E-state index in [9.17, 15) is 0 Å². The summed E-state index contributed by atoms with van der Waals surface area (Å²) in [6, 6.07) is 21.3. The Bertz CT molecular complexity index is 743. The fourth-order valence-electron chi connectivity index (χ4n) is 6.09. The van der Waals surface area contributed by atoms with Gasteiger partial charge in [-0.25, -0.2) is 0 Å². The van der Waals surface area contributed by atoms with Crippen molar-refractivity contribution < 1.29 is 0 Å². The first-order valence-electron chi connectivity index (χ1n) is 13.8. The third kappa shape index (κ3) is 6.43. The van der Waals surface area contributed by atoms with Crippen LogP contribution in [0.1, 0.15) is 116 Å². The lowest BCUT2D eigenvalue weighted by Crippen LogP contribution is -2.50. The van der Waals surface area contributed by atoms with Crippen molar-refractivity contribution in [3.05, 3.63) is 65.7 Å².